The topological polar surface area (TPSA) is 40.7 Å². The second-order valence-corrected chi connectivity index (χ2v) is 5.85. The quantitative estimate of drug-likeness (QED) is 0.832. The van der Waals surface area contributed by atoms with Gasteiger partial charge in [-0.25, -0.2) is 4.98 Å². The molecule has 0 bridgehead atoms. The van der Waals surface area contributed by atoms with Crippen LogP contribution in [0.25, 0.3) is 11.0 Å². The van der Waals surface area contributed by atoms with Gasteiger partial charge < -0.3 is 10.3 Å². The van der Waals surface area contributed by atoms with Gasteiger partial charge in [0.05, 0.1) is 17.6 Å². The molecule has 4 heteroatoms. The molecular weight excluding hydrogens is 258 g/mol. The Morgan fingerprint density at radius 2 is 2.00 bits per heavy atom. The first kappa shape index (κ1) is 12.9. The number of fused-ring (bicyclic) bond motifs is 1. The van der Waals surface area contributed by atoms with Crippen LogP contribution in [0.1, 0.15) is 44.3 Å². The van der Waals surface area contributed by atoms with E-state index in [9.17, 15) is 0 Å². The number of nitrogens with zero attached hydrogens (tertiary/aromatic N) is 1. The van der Waals surface area contributed by atoms with E-state index in [0.717, 1.165) is 28.4 Å². The summed E-state index contributed by atoms with van der Waals surface area (Å²) in [5, 5.41) is 4.38. The van der Waals surface area contributed by atoms with Crippen molar-refractivity contribution in [3.05, 3.63) is 29.0 Å². The third-order valence-corrected chi connectivity index (χ3v) is 4.14. The Bertz CT molecular complexity index is 541. The van der Waals surface area contributed by atoms with Crippen molar-refractivity contribution in [2.45, 2.75) is 51.1 Å². The number of halogens is 1. The van der Waals surface area contributed by atoms with Gasteiger partial charge in [-0.1, -0.05) is 37.3 Å². The second-order valence-electron chi connectivity index (χ2n) is 5.41. The highest BCUT2D eigenvalue weighted by Crippen LogP contribution is 2.19. The summed E-state index contributed by atoms with van der Waals surface area (Å²) in [5.41, 5.74) is 2.01. The third kappa shape index (κ3) is 3.28. The van der Waals surface area contributed by atoms with Crippen molar-refractivity contribution >= 4 is 22.6 Å². The van der Waals surface area contributed by atoms with E-state index in [1.807, 2.05) is 18.2 Å². The Balaban J connectivity index is 1.64. The van der Waals surface area contributed by atoms with Crippen LogP contribution in [0.5, 0.6) is 0 Å². The molecule has 1 fully saturated rings. The van der Waals surface area contributed by atoms with Gasteiger partial charge in [-0.2, -0.15) is 0 Å². The first-order chi connectivity index (χ1) is 9.31. The summed E-state index contributed by atoms with van der Waals surface area (Å²) in [7, 11) is 0. The molecule has 1 heterocycles. The molecule has 19 heavy (non-hydrogen) atoms. The number of hydrogen-bond donors (Lipinski definition) is 2. The highest BCUT2D eigenvalue weighted by atomic mass is 35.5. The third-order valence-electron chi connectivity index (χ3n) is 3.91. The number of rotatable bonds is 3. The van der Waals surface area contributed by atoms with Crippen LogP contribution < -0.4 is 5.32 Å². The van der Waals surface area contributed by atoms with Crippen LogP contribution in [0.2, 0.25) is 5.02 Å². The van der Waals surface area contributed by atoms with Crippen molar-refractivity contribution in [3.8, 4) is 0 Å². The lowest BCUT2D eigenvalue weighted by atomic mass is 10.1. The molecule has 0 spiro atoms. The van der Waals surface area contributed by atoms with Gasteiger partial charge in [0.15, 0.2) is 0 Å². The van der Waals surface area contributed by atoms with Gasteiger partial charge in [-0.15, -0.1) is 0 Å². The zero-order valence-corrected chi connectivity index (χ0v) is 11.8. The smallest absolute Gasteiger partial charge is 0.121 e. The molecule has 0 saturated heterocycles. The first-order valence-electron chi connectivity index (χ1n) is 7.19. The van der Waals surface area contributed by atoms with E-state index in [1.54, 1.807) is 0 Å². The van der Waals surface area contributed by atoms with E-state index >= 15 is 0 Å². The molecule has 0 atom stereocenters. The minimum atomic E-state index is 0.652. The van der Waals surface area contributed by atoms with Crippen molar-refractivity contribution in [3.63, 3.8) is 0 Å². The number of H-pyrrole nitrogens is 1. The van der Waals surface area contributed by atoms with Crippen LogP contribution in [-0.2, 0) is 6.54 Å². The zero-order valence-electron chi connectivity index (χ0n) is 11.1. The number of nitrogens with one attached hydrogen (secondary N) is 2. The fourth-order valence-electron chi connectivity index (χ4n) is 2.84. The summed E-state index contributed by atoms with van der Waals surface area (Å²) in [6, 6.07) is 6.43. The Morgan fingerprint density at radius 3 is 2.79 bits per heavy atom. The largest absolute Gasteiger partial charge is 0.341 e. The minimum Gasteiger partial charge on any atom is -0.341 e. The lowest BCUT2D eigenvalue weighted by Gasteiger charge is -2.14. The maximum atomic E-state index is 5.98. The fraction of sp³-hybridized carbons (Fsp3) is 0.533. The van der Waals surface area contributed by atoms with Crippen molar-refractivity contribution in [1.29, 1.82) is 0 Å². The van der Waals surface area contributed by atoms with Crippen LogP contribution >= 0.6 is 11.6 Å². The summed E-state index contributed by atoms with van der Waals surface area (Å²) < 4.78 is 0. The van der Waals surface area contributed by atoms with E-state index in [1.165, 1.54) is 38.5 Å². The number of aromatic amines is 1. The molecule has 3 nitrogen and oxygen atoms in total. The van der Waals surface area contributed by atoms with Gasteiger partial charge in [0.1, 0.15) is 5.82 Å². The first-order valence-corrected chi connectivity index (χ1v) is 7.56. The maximum Gasteiger partial charge on any atom is 0.121 e. The Kier molecular flexibility index (Phi) is 4.04. The molecule has 0 radical (unpaired) electrons. The minimum absolute atomic E-state index is 0.652. The lowest BCUT2D eigenvalue weighted by molar-refractivity contribution is 0.454. The van der Waals surface area contributed by atoms with Gasteiger partial charge >= 0.3 is 0 Å². The van der Waals surface area contributed by atoms with Gasteiger partial charge in [0.25, 0.3) is 0 Å². The summed E-state index contributed by atoms with van der Waals surface area (Å²) >= 11 is 5.98. The Hall–Kier alpha value is -1.06. The van der Waals surface area contributed by atoms with E-state index in [-0.39, 0.29) is 0 Å². The lowest BCUT2D eigenvalue weighted by Crippen LogP contribution is -2.28. The molecule has 102 valence electrons. The molecule has 0 amide bonds. The molecule has 2 aromatic rings. The van der Waals surface area contributed by atoms with Gasteiger partial charge in [0, 0.05) is 11.1 Å². The molecule has 0 unspecified atom stereocenters. The summed E-state index contributed by atoms with van der Waals surface area (Å²) in [6.45, 7) is 0.816. The molecule has 3 rings (SSSR count). The molecule has 1 aliphatic rings. The highest BCUT2D eigenvalue weighted by Gasteiger charge is 2.12. The standard InChI is InChI=1S/C15H20ClN3/c16-11-7-8-13-14(9-11)19-15(18-13)10-17-12-5-3-1-2-4-6-12/h7-9,12,17H,1-6,10H2,(H,18,19). The predicted octanol–water partition coefficient (Wildman–Crippen LogP) is 4.03. The van der Waals surface area contributed by atoms with Crippen molar-refractivity contribution in [1.82, 2.24) is 15.3 Å². The van der Waals surface area contributed by atoms with Crippen molar-refractivity contribution in [2.75, 3.05) is 0 Å². The zero-order chi connectivity index (χ0) is 13.1. The van der Waals surface area contributed by atoms with E-state index in [2.05, 4.69) is 15.3 Å². The molecule has 0 aliphatic heterocycles. The van der Waals surface area contributed by atoms with Gasteiger partial charge in [-0.3, -0.25) is 0 Å². The van der Waals surface area contributed by atoms with E-state index in [4.69, 9.17) is 11.6 Å². The van der Waals surface area contributed by atoms with Crippen LogP contribution in [0, 0.1) is 0 Å². The van der Waals surface area contributed by atoms with Gasteiger partial charge in [0.2, 0.25) is 0 Å². The predicted molar refractivity (Wildman–Crippen MR) is 79.4 cm³/mol. The molecule has 1 saturated carbocycles. The summed E-state index contributed by atoms with van der Waals surface area (Å²) in [5.74, 6) is 1.00. The van der Waals surface area contributed by atoms with Crippen LogP contribution in [0.4, 0.5) is 0 Å². The average molecular weight is 278 g/mol. The number of benzene rings is 1. The maximum absolute atomic E-state index is 5.98. The average Bonchev–Trinajstić information content (AvgIpc) is 2.63. The van der Waals surface area contributed by atoms with Crippen LogP contribution in [0.15, 0.2) is 18.2 Å². The molecule has 1 aromatic heterocycles. The highest BCUT2D eigenvalue weighted by molar-refractivity contribution is 6.31. The normalized spacial score (nSPS) is 17.7. The number of hydrogen-bond acceptors (Lipinski definition) is 2. The Morgan fingerprint density at radius 1 is 1.21 bits per heavy atom. The second kappa shape index (κ2) is 5.93. The van der Waals surface area contributed by atoms with Gasteiger partial charge in [-0.05, 0) is 31.0 Å². The van der Waals surface area contributed by atoms with Crippen LogP contribution in [0.3, 0.4) is 0 Å². The molecular formula is C15H20ClN3. The Labute approximate surface area is 118 Å². The number of imidazole rings is 1. The monoisotopic (exact) mass is 277 g/mol. The number of aromatic nitrogens is 2. The van der Waals surface area contributed by atoms with Crippen molar-refractivity contribution in [2.24, 2.45) is 0 Å². The van der Waals surface area contributed by atoms with Crippen molar-refractivity contribution < 1.29 is 0 Å². The molecule has 1 aliphatic carbocycles. The van der Waals surface area contributed by atoms with E-state index < -0.39 is 0 Å². The fourth-order valence-corrected chi connectivity index (χ4v) is 3.02. The SMILES string of the molecule is Clc1ccc2nc(CNC3CCCCCC3)[nH]c2c1. The summed E-state index contributed by atoms with van der Waals surface area (Å²) in [4.78, 5) is 7.92. The summed E-state index contributed by atoms with van der Waals surface area (Å²) in [6.07, 6.45) is 8.08. The van der Waals surface area contributed by atoms with Crippen LogP contribution in [-0.4, -0.2) is 16.0 Å². The molecule has 2 N–H and O–H groups in total. The van der Waals surface area contributed by atoms with E-state index in [0.29, 0.717) is 6.04 Å². The molecule has 1 aromatic carbocycles.